The van der Waals surface area contributed by atoms with Gasteiger partial charge in [0, 0.05) is 18.0 Å². The average molecular weight is 294 g/mol. The largest absolute Gasteiger partial charge is 0.478 e. The number of thiophene rings is 1. The van der Waals surface area contributed by atoms with Crippen molar-refractivity contribution in [3.05, 3.63) is 28.0 Å². The molecule has 0 unspecified atom stereocenters. The SMILES string of the molecule is CN1CC(=O)N(Cc2sccc2/C=C/C(=O)O)CC1=O. The van der Waals surface area contributed by atoms with Crippen molar-refractivity contribution in [2.75, 3.05) is 20.1 Å². The van der Waals surface area contributed by atoms with E-state index in [0.29, 0.717) is 6.54 Å². The van der Waals surface area contributed by atoms with Gasteiger partial charge in [-0.05, 0) is 23.1 Å². The lowest BCUT2D eigenvalue weighted by molar-refractivity contribution is -0.149. The predicted octanol–water partition coefficient (Wildman–Crippen LogP) is 0.646. The molecule has 1 aliphatic rings. The highest BCUT2D eigenvalue weighted by molar-refractivity contribution is 7.10. The van der Waals surface area contributed by atoms with Crippen molar-refractivity contribution >= 4 is 35.2 Å². The Morgan fingerprint density at radius 1 is 1.40 bits per heavy atom. The van der Waals surface area contributed by atoms with Gasteiger partial charge in [0.15, 0.2) is 0 Å². The fourth-order valence-electron chi connectivity index (χ4n) is 1.87. The maximum Gasteiger partial charge on any atom is 0.328 e. The molecule has 7 heteroatoms. The Kier molecular flexibility index (Phi) is 4.19. The van der Waals surface area contributed by atoms with Gasteiger partial charge in [0.1, 0.15) is 6.54 Å². The van der Waals surface area contributed by atoms with Gasteiger partial charge < -0.3 is 14.9 Å². The predicted molar refractivity (Wildman–Crippen MR) is 74.0 cm³/mol. The van der Waals surface area contributed by atoms with Crippen LogP contribution in [0.4, 0.5) is 0 Å². The molecule has 1 aliphatic heterocycles. The second-order valence-electron chi connectivity index (χ2n) is 4.47. The van der Waals surface area contributed by atoms with Crippen molar-refractivity contribution < 1.29 is 19.5 Å². The van der Waals surface area contributed by atoms with Crippen molar-refractivity contribution in [2.45, 2.75) is 6.54 Å². The summed E-state index contributed by atoms with van der Waals surface area (Å²) in [5.74, 6) is -1.22. The monoisotopic (exact) mass is 294 g/mol. The maximum absolute atomic E-state index is 11.9. The summed E-state index contributed by atoms with van der Waals surface area (Å²) in [6.45, 7) is 0.481. The number of likely N-dealkylation sites (N-methyl/N-ethyl adjacent to an activating group) is 1. The number of carboxylic acids is 1. The summed E-state index contributed by atoms with van der Waals surface area (Å²) in [4.78, 5) is 37.8. The molecule has 1 aromatic rings. The van der Waals surface area contributed by atoms with E-state index < -0.39 is 5.97 Å². The molecule has 1 N–H and O–H groups in total. The molecule has 0 bridgehead atoms. The second kappa shape index (κ2) is 5.87. The quantitative estimate of drug-likeness (QED) is 0.827. The molecule has 0 aliphatic carbocycles. The summed E-state index contributed by atoms with van der Waals surface area (Å²) in [7, 11) is 1.60. The molecule has 2 rings (SSSR count). The number of nitrogens with zero attached hydrogens (tertiary/aromatic N) is 2. The van der Waals surface area contributed by atoms with Crippen LogP contribution in [-0.2, 0) is 20.9 Å². The number of rotatable bonds is 4. The highest BCUT2D eigenvalue weighted by atomic mass is 32.1. The van der Waals surface area contributed by atoms with Crippen molar-refractivity contribution in [1.29, 1.82) is 0 Å². The molecule has 20 heavy (non-hydrogen) atoms. The number of piperazine rings is 1. The van der Waals surface area contributed by atoms with E-state index in [-0.39, 0.29) is 24.9 Å². The molecule has 0 spiro atoms. The number of carboxylic acid groups (broad SMARTS) is 1. The first-order chi connectivity index (χ1) is 9.47. The van der Waals surface area contributed by atoms with Crippen LogP contribution in [0.3, 0.4) is 0 Å². The molecule has 0 aromatic carbocycles. The normalized spacial score (nSPS) is 16.2. The third-order valence-corrected chi connectivity index (χ3v) is 3.92. The molecule has 1 saturated heterocycles. The van der Waals surface area contributed by atoms with E-state index in [4.69, 9.17) is 5.11 Å². The Bertz CT molecular complexity index is 579. The minimum absolute atomic E-state index is 0.0648. The molecule has 1 aromatic heterocycles. The molecule has 2 amide bonds. The van der Waals surface area contributed by atoms with Gasteiger partial charge in [-0.2, -0.15) is 0 Å². The van der Waals surface area contributed by atoms with Crippen LogP contribution in [0.5, 0.6) is 0 Å². The Morgan fingerprint density at radius 3 is 2.85 bits per heavy atom. The van der Waals surface area contributed by atoms with Crippen LogP contribution >= 0.6 is 11.3 Å². The molecule has 6 nitrogen and oxygen atoms in total. The number of carbonyl (C=O) groups is 3. The maximum atomic E-state index is 11.9. The van der Waals surface area contributed by atoms with Crippen LogP contribution < -0.4 is 0 Å². The van der Waals surface area contributed by atoms with Gasteiger partial charge in [-0.3, -0.25) is 9.59 Å². The zero-order valence-corrected chi connectivity index (χ0v) is 11.7. The van der Waals surface area contributed by atoms with Gasteiger partial charge in [0.25, 0.3) is 0 Å². The second-order valence-corrected chi connectivity index (χ2v) is 5.47. The zero-order valence-electron chi connectivity index (χ0n) is 10.9. The highest BCUT2D eigenvalue weighted by Crippen LogP contribution is 2.21. The molecule has 0 radical (unpaired) electrons. The molecular weight excluding hydrogens is 280 g/mol. The minimum Gasteiger partial charge on any atom is -0.478 e. The van der Waals surface area contributed by atoms with E-state index in [0.717, 1.165) is 16.5 Å². The summed E-state index contributed by atoms with van der Waals surface area (Å²) < 4.78 is 0. The molecule has 0 atom stereocenters. The van der Waals surface area contributed by atoms with Crippen LogP contribution in [0, 0.1) is 0 Å². The summed E-state index contributed by atoms with van der Waals surface area (Å²) >= 11 is 1.44. The van der Waals surface area contributed by atoms with E-state index in [1.165, 1.54) is 27.2 Å². The standard InChI is InChI=1S/C13H14N2O4S/c1-14-7-12(17)15(8-11(14)16)6-10-9(4-5-20-10)2-3-13(18)19/h2-5H,6-8H2,1H3,(H,18,19)/b3-2+. The number of carbonyl (C=O) groups excluding carboxylic acids is 2. The molecule has 1 fully saturated rings. The Labute approximate surface area is 119 Å². The van der Waals surface area contributed by atoms with Crippen LogP contribution in [0.2, 0.25) is 0 Å². The van der Waals surface area contributed by atoms with Crippen LogP contribution in [0.15, 0.2) is 17.5 Å². The van der Waals surface area contributed by atoms with Gasteiger partial charge >= 0.3 is 5.97 Å². The summed E-state index contributed by atoms with van der Waals surface area (Å²) in [5.41, 5.74) is 0.761. The van der Waals surface area contributed by atoms with Crippen molar-refractivity contribution in [3.8, 4) is 0 Å². The summed E-state index contributed by atoms with van der Waals surface area (Å²) in [6, 6.07) is 1.79. The van der Waals surface area contributed by atoms with Gasteiger partial charge in [-0.1, -0.05) is 0 Å². The summed E-state index contributed by atoms with van der Waals surface area (Å²) in [5, 5.41) is 10.5. The van der Waals surface area contributed by atoms with E-state index >= 15 is 0 Å². The third-order valence-electron chi connectivity index (χ3n) is 3.00. The Morgan fingerprint density at radius 2 is 2.15 bits per heavy atom. The first-order valence-electron chi connectivity index (χ1n) is 5.96. The molecular formula is C13H14N2O4S. The van der Waals surface area contributed by atoms with E-state index in [2.05, 4.69) is 0 Å². The van der Waals surface area contributed by atoms with E-state index in [9.17, 15) is 14.4 Å². The lowest BCUT2D eigenvalue weighted by atomic mass is 10.2. The fraction of sp³-hybridized carbons (Fsp3) is 0.308. The van der Waals surface area contributed by atoms with Gasteiger partial charge in [-0.25, -0.2) is 4.79 Å². The average Bonchev–Trinajstić information content (AvgIpc) is 2.81. The molecule has 0 saturated carbocycles. The highest BCUT2D eigenvalue weighted by Gasteiger charge is 2.27. The van der Waals surface area contributed by atoms with Crippen LogP contribution in [-0.4, -0.2) is 52.8 Å². The topological polar surface area (TPSA) is 77.9 Å². The number of hydrogen-bond acceptors (Lipinski definition) is 4. The Hall–Kier alpha value is -2.15. The molecule has 106 valence electrons. The summed E-state index contributed by atoms with van der Waals surface area (Å²) in [6.07, 6.45) is 2.55. The van der Waals surface area contributed by atoms with Crippen LogP contribution in [0.25, 0.3) is 6.08 Å². The van der Waals surface area contributed by atoms with E-state index in [1.54, 1.807) is 13.1 Å². The number of hydrogen-bond donors (Lipinski definition) is 1. The number of aliphatic carboxylic acids is 1. The fourth-order valence-corrected chi connectivity index (χ4v) is 2.75. The third kappa shape index (κ3) is 3.24. The van der Waals surface area contributed by atoms with Gasteiger partial charge in [0.2, 0.25) is 11.8 Å². The van der Waals surface area contributed by atoms with Crippen LogP contribution in [0.1, 0.15) is 10.4 Å². The van der Waals surface area contributed by atoms with Crippen molar-refractivity contribution in [2.24, 2.45) is 0 Å². The Balaban J connectivity index is 2.10. The first-order valence-corrected chi connectivity index (χ1v) is 6.84. The van der Waals surface area contributed by atoms with Gasteiger partial charge in [-0.15, -0.1) is 11.3 Å². The lowest BCUT2D eigenvalue weighted by Gasteiger charge is -2.31. The van der Waals surface area contributed by atoms with Crippen molar-refractivity contribution in [3.63, 3.8) is 0 Å². The van der Waals surface area contributed by atoms with Crippen molar-refractivity contribution in [1.82, 2.24) is 9.80 Å². The van der Waals surface area contributed by atoms with E-state index in [1.807, 2.05) is 5.38 Å². The lowest BCUT2D eigenvalue weighted by Crippen LogP contribution is -2.51. The minimum atomic E-state index is -1.02. The number of amides is 2. The zero-order chi connectivity index (χ0) is 14.7. The molecule has 2 heterocycles. The first kappa shape index (κ1) is 14.3. The smallest absolute Gasteiger partial charge is 0.328 e. The van der Waals surface area contributed by atoms with Gasteiger partial charge in [0.05, 0.1) is 13.1 Å².